The van der Waals surface area contributed by atoms with E-state index in [0.717, 1.165) is 22.4 Å². The average Bonchev–Trinajstić information content (AvgIpc) is 2.55. The molecule has 0 saturated heterocycles. The number of halogens is 1. The summed E-state index contributed by atoms with van der Waals surface area (Å²) >= 11 is 0. The average molecular weight is 343 g/mol. The van der Waals surface area contributed by atoms with Gasteiger partial charge in [-0.1, -0.05) is 38.1 Å². The van der Waals surface area contributed by atoms with E-state index in [1.807, 2.05) is 32.0 Å². The molecule has 1 amide bonds. The first kappa shape index (κ1) is 19.0. The Morgan fingerprint density at radius 1 is 1.04 bits per heavy atom. The van der Waals surface area contributed by atoms with Crippen LogP contribution in [0.3, 0.4) is 0 Å². The van der Waals surface area contributed by atoms with Crippen LogP contribution in [0.1, 0.15) is 56.3 Å². The zero-order valence-corrected chi connectivity index (χ0v) is 15.5. The van der Waals surface area contributed by atoms with Crippen molar-refractivity contribution in [3.8, 4) is 5.75 Å². The van der Waals surface area contributed by atoms with E-state index in [1.165, 1.54) is 12.1 Å². The molecule has 0 unspecified atom stereocenters. The maximum Gasteiger partial charge on any atom is 0.261 e. The predicted molar refractivity (Wildman–Crippen MR) is 98.3 cm³/mol. The van der Waals surface area contributed by atoms with Crippen molar-refractivity contribution in [1.29, 1.82) is 0 Å². The monoisotopic (exact) mass is 343 g/mol. The molecule has 0 fully saturated rings. The van der Waals surface area contributed by atoms with E-state index < -0.39 is 6.10 Å². The van der Waals surface area contributed by atoms with E-state index in [1.54, 1.807) is 19.1 Å². The van der Waals surface area contributed by atoms with Crippen molar-refractivity contribution in [2.45, 2.75) is 52.7 Å². The molecule has 134 valence electrons. The molecule has 2 aromatic carbocycles. The maximum atomic E-state index is 13.0. The van der Waals surface area contributed by atoms with Crippen molar-refractivity contribution in [2.24, 2.45) is 0 Å². The second-order valence-corrected chi connectivity index (χ2v) is 6.74. The van der Waals surface area contributed by atoms with Gasteiger partial charge in [-0.2, -0.15) is 0 Å². The van der Waals surface area contributed by atoms with E-state index in [9.17, 15) is 9.18 Å². The number of benzene rings is 2. The number of nitrogens with one attached hydrogen (secondary N) is 1. The third-order valence-corrected chi connectivity index (χ3v) is 4.19. The minimum Gasteiger partial charge on any atom is -0.481 e. The van der Waals surface area contributed by atoms with E-state index in [2.05, 4.69) is 19.2 Å². The van der Waals surface area contributed by atoms with Crippen molar-refractivity contribution >= 4 is 5.91 Å². The van der Waals surface area contributed by atoms with Crippen LogP contribution in [0, 0.1) is 12.7 Å². The summed E-state index contributed by atoms with van der Waals surface area (Å²) in [6.07, 6.45) is -0.623. The Morgan fingerprint density at radius 3 is 2.28 bits per heavy atom. The van der Waals surface area contributed by atoms with Crippen molar-refractivity contribution in [3.63, 3.8) is 0 Å². The number of ether oxygens (including phenoxy) is 1. The summed E-state index contributed by atoms with van der Waals surface area (Å²) < 4.78 is 18.9. The number of aryl methyl sites for hydroxylation is 1. The highest BCUT2D eigenvalue weighted by atomic mass is 19.1. The Hall–Kier alpha value is -2.36. The Morgan fingerprint density at radius 2 is 1.68 bits per heavy atom. The van der Waals surface area contributed by atoms with Gasteiger partial charge in [-0.3, -0.25) is 4.79 Å². The van der Waals surface area contributed by atoms with Gasteiger partial charge >= 0.3 is 0 Å². The minimum absolute atomic E-state index is 0.201. The van der Waals surface area contributed by atoms with Gasteiger partial charge in [0.05, 0.1) is 6.04 Å². The molecular formula is C21H26FNO2. The number of carbonyl (C=O) groups excluding carboxylic acids is 1. The summed E-state index contributed by atoms with van der Waals surface area (Å²) in [6.45, 7) is 9.79. The SMILES string of the molecule is Cc1ccc(C(C)C)c(O[C@@H](C)C(=O)N[C@@H](C)c2ccc(F)cc2)c1. The summed E-state index contributed by atoms with van der Waals surface area (Å²) in [7, 11) is 0. The van der Waals surface area contributed by atoms with E-state index in [-0.39, 0.29) is 17.8 Å². The molecule has 0 heterocycles. The topological polar surface area (TPSA) is 38.3 Å². The summed E-state index contributed by atoms with van der Waals surface area (Å²) in [5.74, 6) is 0.559. The normalized spacial score (nSPS) is 13.4. The van der Waals surface area contributed by atoms with Gasteiger partial charge in [0.1, 0.15) is 11.6 Å². The van der Waals surface area contributed by atoms with Crippen LogP contribution in [0.25, 0.3) is 0 Å². The fourth-order valence-corrected chi connectivity index (χ4v) is 2.63. The lowest BCUT2D eigenvalue weighted by Crippen LogP contribution is -2.38. The molecule has 0 spiro atoms. The van der Waals surface area contributed by atoms with E-state index >= 15 is 0 Å². The first-order valence-electron chi connectivity index (χ1n) is 8.61. The van der Waals surface area contributed by atoms with Crippen molar-refractivity contribution in [2.75, 3.05) is 0 Å². The molecule has 0 aliphatic heterocycles. The lowest BCUT2D eigenvalue weighted by molar-refractivity contribution is -0.127. The Balaban J connectivity index is 2.05. The molecular weight excluding hydrogens is 317 g/mol. The van der Waals surface area contributed by atoms with Crippen molar-refractivity contribution in [3.05, 3.63) is 65.0 Å². The first-order chi connectivity index (χ1) is 11.8. The highest BCUT2D eigenvalue weighted by Crippen LogP contribution is 2.28. The van der Waals surface area contributed by atoms with Gasteiger partial charge in [0.15, 0.2) is 6.10 Å². The van der Waals surface area contributed by atoms with Crippen molar-refractivity contribution in [1.82, 2.24) is 5.32 Å². The highest BCUT2D eigenvalue weighted by molar-refractivity contribution is 5.81. The lowest BCUT2D eigenvalue weighted by Gasteiger charge is -2.21. The summed E-state index contributed by atoms with van der Waals surface area (Å²) in [6, 6.07) is 11.9. The van der Waals surface area contributed by atoms with Crippen LogP contribution >= 0.6 is 0 Å². The van der Waals surface area contributed by atoms with Gasteiger partial charge in [0.25, 0.3) is 5.91 Å². The summed E-state index contributed by atoms with van der Waals surface area (Å²) in [5, 5.41) is 2.91. The van der Waals surface area contributed by atoms with Gasteiger partial charge in [0.2, 0.25) is 0 Å². The fraction of sp³-hybridized carbons (Fsp3) is 0.381. The molecule has 2 atom stereocenters. The highest BCUT2D eigenvalue weighted by Gasteiger charge is 2.19. The standard InChI is InChI=1S/C21H26FNO2/c1-13(2)19-11-6-14(3)12-20(19)25-16(5)21(24)23-15(4)17-7-9-18(22)10-8-17/h6-13,15-16H,1-5H3,(H,23,24)/t15-,16-/m0/s1. The molecule has 4 heteroatoms. The first-order valence-corrected chi connectivity index (χ1v) is 8.61. The van der Waals surface area contributed by atoms with Gasteiger partial charge in [-0.25, -0.2) is 4.39 Å². The zero-order valence-electron chi connectivity index (χ0n) is 15.5. The molecule has 0 bridgehead atoms. The number of amides is 1. The second kappa shape index (κ2) is 8.15. The minimum atomic E-state index is -0.623. The van der Waals surface area contributed by atoms with Crippen LogP contribution in [0.2, 0.25) is 0 Å². The fourth-order valence-electron chi connectivity index (χ4n) is 2.63. The van der Waals surface area contributed by atoms with Gasteiger partial charge < -0.3 is 10.1 Å². The van der Waals surface area contributed by atoms with Crippen LogP contribution in [-0.4, -0.2) is 12.0 Å². The van der Waals surface area contributed by atoms with Crippen LogP contribution in [0.4, 0.5) is 4.39 Å². The summed E-state index contributed by atoms with van der Waals surface area (Å²) in [4.78, 5) is 12.5. The predicted octanol–water partition coefficient (Wildman–Crippen LogP) is 4.90. The van der Waals surface area contributed by atoms with Crippen LogP contribution < -0.4 is 10.1 Å². The van der Waals surface area contributed by atoms with Crippen LogP contribution in [0.15, 0.2) is 42.5 Å². The van der Waals surface area contributed by atoms with Crippen LogP contribution in [-0.2, 0) is 4.79 Å². The van der Waals surface area contributed by atoms with Crippen molar-refractivity contribution < 1.29 is 13.9 Å². The van der Waals surface area contributed by atoms with Crippen LogP contribution in [0.5, 0.6) is 5.75 Å². The lowest BCUT2D eigenvalue weighted by atomic mass is 10.0. The number of hydrogen-bond donors (Lipinski definition) is 1. The van der Waals surface area contributed by atoms with Gasteiger partial charge in [-0.15, -0.1) is 0 Å². The molecule has 0 radical (unpaired) electrons. The van der Waals surface area contributed by atoms with Gasteiger partial charge in [-0.05, 0) is 61.6 Å². The molecule has 0 aromatic heterocycles. The molecule has 2 rings (SSSR count). The number of rotatable bonds is 6. The van der Waals surface area contributed by atoms with E-state index in [4.69, 9.17) is 4.74 Å². The number of hydrogen-bond acceptors (Lipinski definition) is 2. The molecule has 1 N–H and O–H groups in total. The molecule has 25 heavy (non-hydrogen) atoms. The Bertz CT molecular complexity index is 725. The second-order valence-electron chi connectivity index (χ2n) is 6.74. The number of carbonyl (C=O) groups is 1. The molecule has 0 saturated carbocycles. The van der Waals surface area contributed by atoms with Gasteiger partial charge in [0, 0.05) is 0 Å². The molecule has 0 aliphatic rings. The largest absolute Gasteiger partial charge is 0.481 e. The van der Waals surface area contributed by atoms with E-state index in [0.29, 0.717) is 5.92 Å². The molecule has 0 aliphatic carbocycles. The summed E-state index contributed by atoms with van der Waals surface area (Å²) in [5.41, 5.74) is 3.02. The smallest absolute Gasteiger partial charge is 0.261 e. The Kier molecular flexibility index (Phi) is 6.18. The quantitative estimate of drug-likeness (QED) is 0.810. The molecule has 3 nitrogen and oxygen atoms in total. The third-order valence-electron chi connectivity index (χ3n) is 4.19. The Labute approximate surface area is 149 Å². The third kappa shape index (κ3) is 5.05. The zero-order chi connectivity index (χ0) is 18.6. The maximum absolute atomic E-state index is 13.0. The molecule has 2 aromatic rings.